The van der Waals surface area contributed by atoms with Gasteiger partial charge in [-0.3, -0.25) is 0 Å². The third-order valence-electron chi connectivity index (χ3n) is 2.95. The molecule has 1 N–H and O–H groups in total. The van der Waals surface area contributed by atoms with Gasteiger partial charge in [0.05, 0.1) is 5.54 Å². The van der Waals surface area contributed by atoms with Crippen molar-refractivity contribution in [2.24, 2.45) is 0 Å². The van der Waals surface area contributed by atoms with E-state index in [0.29, 0.717) is 0 Å². The Morgan fingerprint density at radius 2 is 2.31 bits per heavy atom. The van der Waals surface area contributed by atoms with Crippen molar-refractivity contribution in [2.75, 3.05) is 13.2 Å². The molecular formula is C10H10BrNO. The molecule has 2 heterocycles. The van der Waals surface area contributed by atoms with E-state index >= 15 is 0 Å². The highest BCUT2D eigenvalue weighted by Crippen LogP contribution is 2.43. The first-order valence-corrected chi connectivity index (χ1v) is 5.27. The number of halogens is 1. The minimum Gasteiger partial charge on any atom is -0.491 e. The van der Waals surface area contributed by atoms with Crippen molar-refractivity contribution in [2.45, 2.75) is 12.0 Å². The third-order valence-corrected chi connectivity index (χ3v) is 3.44. The molecule has 3 heteroatoms. The Bertz CT molecular complexity index is 360. The minimum atomic E-state index is 0.149. The minimum absolute atomic E-state index is 0.149. The fourth-order valence-electron chi connectivity index (χ4n) is 2.07. The number of nitrogens with one attached hydrogen (secondary N) is 1. The zero-order chi connectivity index (χ0) is 8.89. The van der Waals surface area contributed by atoms with Crippen molar-refractivity contribution >= 4 is 15.9 Å². The lowest BCUT2D eigenvalue weighted by Gasteiger charge is -2.38. The van der Waals surface area contributed by atoms with E-state index in [2.05, 4.69) is 33.4 Å². The van der Waals surface area contributed by atoms with Crippen LogP contribution in [0.3, 0.4) is 0 Å². The molecule has 2 aliphatic rings. The summed E-state index contributed by atoms with van der Waals surface area (Å²) >= 11 is 3.44. The molecule has 0 amide bonds. The van der Waals surface area contributed by atoms with E-state index in [9.17, 15) is 0 Å². The normalized spacial score (nSPS) is 29.6. The summed E-state index contributed by atoms with van der Waals surface area (Å²) in [5.74, 6) is 1.03. The second kappa shape index (κ2) is 2.49. The number of benzene rings is 1. The van der Waals surface area contributed by atoms with Gasteiger partial charge in [0.2, 0.25) is 0 Å². The van der Waals surface area contributed by atoms with E-state index in [-0.39, 0.29) is 5.54 Å². The summed E-state index contributed by atoms with van der Waals surface area (Å²) in [6.07, 6.45) is 1.20. The molecule has 68 valence electrons. The lowest BCUT2D eigenvalue weighted by molar-refractivity contribution is 0.154. The van der Waals surface area contributed by atoms with Crippen LogP contribution in [0.2, 0.25) is 0 Å². The second-order valence-corrected chi connectivity index (χ2v) is 4.60. The molecule has 0 bridgehead atoms. The summed E-state index contributed by atoms with van der Waals surface area (Å²) in [6, 6.07) is 6.28. The summed E-state index contributed by atoms with van der Waals surface area (Å²) in [4.78, 5) is 0. The van der Waals surface area contributed by atoms with Gasteiger partial charge >= 0.3 is 0 Å². The average Bonchev–Trinajstić information content (AvgIpc) is 2.41. The highest BCUT2D eigenvalue weighted by molar-refractivity contribution is 9.10. The van der Waals surface area contributed by atoms with Crippen LogP contribution < -0.4 is 10.1 Å². The molecule has 0 aromatic heterocycles. The van der Waals surface area contributed by atoms with Gasteiger partial charge < -0.3 is 10.1 Å². The van der Waals surface area contributed by atoms with Crippen LogP contribution in [0.4, 0.5) is 0 Å². The molecule has 13 heavy (non-hydrogen) atoms. The molecule has 0 radical (unpaired) electrons. The first-order chi connectivity index (χ1) is 6.30. The summed E-state index contributed by atoms with van der Waals surface area (Å²) in [7, 11) is 0. The van der Waals surface area contributed by atoms with Crippen LogP contribution in [0.5, 0.6) is 5.75 Å². The molecule has 1 spiro atoms. The Kier molecular flexibility index (Phi) is 1.50. The van der Waals surface area contributed by atoms with Gasteiger partial charge in [0.15, 0.2) is 0 Å². The standard InChI is InChI=1S/C10H10BrNO/c11-7-1-2-8-9(5-7)13-6-10(8)3-4-12-10/h1-2,5,12H,3-4,6H2/t10-/m0/s1. The van der Waals surface area contributed by atoms with Crippen LogP contribution in [-0.4, -0.2) is 13.2 Å². The fourth-order valence-corrected chi connectivity index (χ4v) is 2.41. The topological polar surface area (TPSA) is 21.3 Å². The zero-order valence-corrected chi connectivity index (χ0v) is 8.73. The number of rotatable bonds is 0. The summed E-state index contributed by atoms with van der Waals surface area (Å²) < 4.78 is 6.73. The molecule has 1 aromatic rings. The summed E-state index contributed by atoms with van der Waals surface area (Å²) in [5, 5.41) is 3.46. The highest BCUT2D eigenvalue weighted by atomic mass is 79.9. The van der Waals surface area contributed by atoms with Crippen molar-refractivity contribution in [3.05, 3.63) is 28.2 Å². The lowest BCUT2D eigenvalue weighted by atomic mass is 9.83. The van der Waals surface area contributed by atoms with Gasteiger partial charge in [-0.15, -0.1) is 0 Å². The van der Waals surface area contributed by atoms with Gasteiger partial charge in [-0.1, -0.05) is 22.0 Å². The third kappa shape index (κ3) is 0.973. The van der Waals surface area contributed by atoms with E-state index in [1.165, 1.54) is 12.0 Å². The molecule has 2 nitrogen and oxygen atoms in total. The van der Waals surface area contributed by atoms with Crippen molar-refractivity contribution in [1.82, 2.24) is 5.32 Å². The van der Waals surface area contributed by atoms with Crippen LogP contribution in [0, 0.1) is 0 Å². The van der Waals surface area contributed by atoms with Gasteiger partial charge in [0, 0.05) is 10.0 Å². The predicted molar refractivity (Wildman–Crippen MR) is 53.9 cm³/mol. The highest BCUT2D eigenvalue weighted by Gasteiger charge is 2.45. The van der Waals surface area contributed by atoms with Gasteiger partial charge in [0.1, 0.15) is 12.4 Å². The van der Waals surface area contributed by atoms with Crippen LogP contribution in [0.25, 0.3) is 0 Å². The molecule has 1 saturated heterocycles. The maximum absolute atomic E-state index is 5.64. The van der Waals surface area contributed by atoms with Gasteiger partial charge in [-0.25, -0.2) is 0 Å². The summed E-state index contributed by atoms with van der Waals surface area (Å²) in [6.45, 7) is 1.90. The lowest BCUT2D eigenvalue weighted by Crippen LogP contribution is -2.55. The maximum atomic E-state index is 5.64. The van der Waals surface area contributed by atoms with Gasteiger partial charge in [0.25, 0.3) is 0 Å². The number of fused-ring (bicyclic) bond motifs is 2. The Labute approximate surface area is 85.4 Å². The molecule has 0 aliphatic carbocycles. The van der Waals surface area contributed by atoms with Crippen molar-refractivity contribution < 1.29 is 4.74 Å². The molecule has 1 fully saturated rings. The van der Waals surface area contributed by atoms with Gasteiger partial charge in [-0.05, 0) is 25.1 Å². The van der Waals surface area contributed by atoms with Crippen LogP contribution >= 0.6 is 15.9 Å². The van der Waals surface area contributed by atoms with Crippen molar-refractivity contribution in [3.63, 3.8) is 0 Å². The first kappa shape index (κ1) is 7.83. The van der Waals surface area contributed by atoms with Gasteiger partial charge in [-0.2, -0.15) is 0 Å². The van der Waals surface area contributed by atoms with Crippen molar-refractivity contribution in [3.8, 4) is 5.75 Å². The molecule has 1 atom stereocenters. The predicted octanol–water partition coefficient (Wildman–Crippen LogP) is 2.03. The van der Waals surface area contributed by atoms with E-state index in [1.54, 1.807) is 0 Å². The smallest absolute Gasteiger partial charge is 0.125 e. The molecule has 3 rings (SSSR count). The van der Waals surface area contributed by atoms with E-state index in [1.807, 2.05) is 6.07 Å². The Balaban J connectivity index is 2.11. The van der Waals surface area contributed by atoms with Crippen LogP contribution in [0.15, 0.2) is 22.7 Å². The number of hydrogen-bond acceptors (Lipinski definition) is 2. The SMILES string of the molecule is Brc1ccc2c(c1)OC[C@@]21CCN1. The largest absolute Gasteiger partial charge is 0.491 e. The first-order valence-electron chi connectivity index (χ1n) is 4.48. The molecule has 0 saturated carbocycles. The number of hydrogen-bond donors (Lipinski definition) is 1. The van der Waals surface area contributed by atoms with Crippen molar-refractivity contribution in [1.29, 1.82) is 0 Å². The molecule has 0 unspecified atom stereocenters. The maximum Gasteiger partial charge on any atom is 0.125 e. The van der Waals surface area contributed by atoms with Crippen LogP contribution in [-0.2, 0) is 5.54 Å². The number of ether oxygens (including phenoxy) is 1. The average molecular weight is 240 g/mol. The quantitative estimate of drug-likeness (QED) is 0.749. The monoisotopic (exact) mass is 239 g/mol. The Morgan fingerprint density at radius 1 is 1.46 bits per heavy atom. The Morgan fingerprint density at radius 3 is 3.00 bits per heavy atom. The summed E-state index contributed by atoms with van der Waals surface area (Å²) in [5.41, 5.74) is 1.47. The van der Waals surface area contributed by atoms with Crippen LogP contribution in [0.1, 0.15) is 12.0 Å². The van der Waals surface area contributed by atoms with E-state index in [4.69, 9.17) is 4.74 Å². The molecular weight excluding hydrogens is 230 g/mol. The second-order valence-electron chi connectivity index (χ2n) is 3.69. The Hall–Kier alpha value is -0.540. The van der Waals surface area contributed by atoms with E-state index in [0.717, 1.165) is 23.4 Å². The molecule has 1 aromatic carbocycles. The van der Waals surface area contributed by atoms with E-state index < -0.39 is 0 Å². The molecule has 2 aliphatic heterocycles. The fraction of sp³-hybridized carbons (Fsp3) is 0.400. The zero-order valence-electron chi connectivity index (χ0n) is 7.14.